The van der Waals surface area contributed by atoms with Crippen molar-refractivity contribution >= 4 is 23.9 Å². The number of carboxylic acids is 1. The molecular weight excluding hydrogens is 446 g/mol. The number of rotatable bonds is 19. The lowest BCUT2D eigenvalue weighted by atomic mass is 10.2. The van der Waals surface area contributed by atoms with E-state index in [1.54, 1.807) is 20.8 Å². The van der Waals surface area contributed by atoms with Crippen molar-refractivity contribution in [1.82, 2.24) is 16.1 Å². The Balaban J connectivity index is 3.41. The Bertz CT molecular complexity index is 582. The molecule has 0 saturated carbocycles. The molecule has 0 fully saturated rings. The molecule has 33 heavy (non-hydrogen) atoms. The molecule has 3 amide bonds. The Labute approximate surface area is 192 Å². The average molecular weight is 481 g/mol. The van der Waals surface area contributed by atoms with Crippen LogP contribution in [0.3, 0.4) is 0 Å². The fourth-order valence-corrected chi connectivity index (χ4v) is 1.85. The highest BCUT2D eigenvalue weighted by molar-refractivity contribution is 5.77. The zero-order valence-electron chi connectivity index (χ0n) is 19.3. The van der Waals surface area contributed by atoms with Crippen LogP contribution >= 0.6 is 0 Å². The minimum atomic E-state index is -1.05. The molecule has 0 heterocycles. The number of carboxylic acid groups (broad SMARTS) is 1. The quantitative estimate of drug-likeness (QED) is 0.129. The van der Waals surface area contributed by atoms with Crippen LogP contribution in [0.25, 0.3) is 0 Å². The van der Waals surface area contributed by atoms with E-state index in [2.05, 4.69) is 10.6 Å². The van der Waals surface area contributed by atoms with Gasteiger partial charge in [0.25, 0.3) is 0 Å². The van der Waals surface area contributed by atoms with Crippen LogP contribution in [0.1, 0.15) is 20.8 Å². The second-order valence-corrected chi connectivity index (χ2v) is 7.32. The summed E-state index contributed by atoms with van der Waals surface area (Å²) in [6.45, 7) is 6.04. The van der Waals surface area contributed by atoms with Crippen molar-refractivity contribution in [3.8, 4) is 0 Å². The minimum absolute atomic E-state index is 0.135. The Hall–Kier alpha value is -2.52. The molecule has 0 aromatic carbocycles. The lowest BCUT2D eigenvalue weighted by molar-refractivity contribution is -0.142. The molecule has 0 aromatic heterocycles. The zero-order chi connectivity index (χ0) is 25.0. The second-order valence-electron chi connectivity index (χ2n) is 7.32. The van der Waals surface area contributed by atoms with E-state index in [1.165, 1.54) is 0 Å². The molecule has 192 valence electrons. The minimum Gasteiger partial charge on any atom is -0.480 e. The van der Waals surface area contributed by atoms with E-state index in [1.807, 2.05) is 5.48 Å². The van der Waals surface area contributed by atoms with Crippen LogP contribution in [0, 0.1) is 0 Å². The molecule has 0 aliphatic rings. The van der Waals surface area contributed by atoms with Gasteiger partial charge in [0.15, 0.2) is 6.61 Å². The lowest BCUT2D eigenvalue weighted by Gasteiger charge is -2.19. The van der Waals surface area contributed by atoms with E-state index in [4.69, 9.17) is 33.6 Å². The summed E-state index contributed by atoms with van der Waals surface area (Å²) in [5.41, 5.74) is 1.33. The molecule has 0 radical (unpaired) electrons. The van der Waals surface area contributed by atoms with E-state index in [0.717, 1.165) is 0 Å². The Kier molecular flexibility index (Phi) is 17.5. The third-order valence-corrected chi connectivity index (χ3v) is 3.10. The summed E-state index contributed by atoms with van der Waals surface area (Å²) < 4.78 is 25.3. The molecule has 0 aliphatic carbocycles. The maximum atomic E-state index is 11.5. The van der Waals surface area contributed by atoms with Gasteiger partial charge in [0.2, 0.25) is 11.8 Å². The first-order valence-corrected chi connectivity index (χ1v) is 10.3. The standard InChI is InChI=1S/C19H35N3O11/c1-19(2,3)33-18(27)22-32-13-16(24)21-5-7-28-8-10-30-12-15(23)20-4-6-29-9-11-31-14-17(25)26/h4-14H2,1-3H3,(H,20,23)(H,21,24)(H,22,27)(H,25,26). The second kappa shape index (κ2) is 19.0. The van der Waals surface area contributed by atoms with Gasteiger partial charge in [0.05, 0.1) is 39.6 Å². The number of aliphatic carboxylic acids is 1. The first-order valence-electron chi connectivity index (χ1n) is 10.3. The van der Waals surface area contributed by atoms with Gasteiger partial charge in [-0.2, -0.15) is 5.48 Å². The van der Waals surface area contributed by atoms with Crippen LogP contribution in [0.5, 0.6) is 0 Å². The number of amides is 3. The summed E-state index contributed by atoms with van der Waals surface area (Å²) in [4.78, 5) is 49.3. The number of hydrogen-bond acceptors (Lipinski definition) is 10. The highest BCUT2D eigenvalue weighted by Crippen LogP contribution is 2.06. The predicted molar refractivity (Wildman–Crippen MR) is 112 cm³/mol. The van der Waals surface area contributed by atoms with Gasteiger partial charge in [0, 0.05) is 13.1 Å². The molecule has 0 spiro atoms. The van der Waals surface area contributed by atoms with Crippen molar-refractivity contribution in [1.29, 1.82) is 0 Å². The molecule has 0 bridgehead atoms. The highest BCUT2D eigenvalue weighted by atomic mass is 16.7. The third-order valence-electron chi connectivity index (χ3n) is 3.10. The van der Waals surface area contributed by atoms with Crippen molar-refractivity contribution in [3.05, 3.63) is 0 Å². The summed E-state index contributed by atoms with van der Waals surface area (Å²) in [6.07, 6.45) is -0.791. The van der Waals surface area contributed by atoms with E-state index < -0.39 is 23.6 Å². The Morgan fingerprint density at radius 1 is 0.697 bits per heavy atom. The average Bonchev–Trinajstić information content (AvgIpc) is 2.70. The molecule has 0 aliphatic heterocycles. The van der Waals surface area contributed by atoms with Crippen LogP contribution in [0.15, 0.2) is 0 Å². The zero-order valence-corrected chi connectivity index (χ0v) is 19.3. The van der Waals surface area contributed by atoms with Gasteiger partial charge >= 0.3 is 12.1 Å². The van der Waals surface area contributed by atoms with Gasteiger partial charge in [-0.3, -0.25) is 14.4 Å². The number of hydroxylamine groups is 1. The van der Waals surface area contributed by atoms with E-state index >= 15 is 0 Å². The molecule has 4 N–H and O–H groups in total. The van der Waals surface area contributed by atoms with Crippen molar-refractivity contribution in [2.45, 2.75) is 26.4 Å². The number of ether oxygens (including phenoxy) is 5. The number of carbonyl (C=O) groups excluding carboxylic acids is 3. The van der Waals surface area contributed by atoms with Crippen molar-refractivity contribution in [2.75, 3.05) is 72.6 Å². The first-order chi connectivity index (χ1) is 15.6. The van der Waals surface area contributed by atoms with Crippen molar-refractivity contribution in [2.24, 2.45) is 0 Å². The normalized spacial score (nSPS) is 11.0. The molecule has 14 nitrogen and oxygen atoms in total. The highest BCUT2D eigenvalue weighted by Gasteiger charge is 2.16. The van der Waals surface area contributed by atoms with Gasteiger partial charge in [-0.1, -0.05) is 0 Å². The summed E-state index contributed by atoms with van der Waals surface area (Å²) >= 11 is 0. The number of hydrogen-bond donors (Lipinski definition) is 4. The maximum Gasteiger partial charge on any atom is 0.431 e. The van der Waals surface area contributed by atoms with Crippen molar-refractivity contribution in [3.63, 3.8) is 0 Å². The van der Waals surface area contributed by atoms with Gasteiger partial charge in [0.1, 0.15) is 18.8 Å². The van der Waals surface area contributed by atoms with Gasteiger partial charge in [-0.25, -0.2) is 9.59 Å². The monoisotopic (exact) mass is 481 g/mol. The maximum absolute atomic E-state index is 11.5. The third kappa shape index (κ3) is 24.0. The van der Waals surface area contributed by atoms with Crippen molar-refractivity contribution < 1.29 is 52.8 Å². The molecule has 0 atom stereocenters. The summed E-state index contributed by atoms with van der Waals surface area (Å²) in [5, 5.41) is 13.5. The van der Waals surface area contributed by atoms with E-state index in [0.29, 0.717) is 0 Å². The number of nitrogens with one attached hydrogen (secondary N) is 3. The van der Waals surface area contributed by atoms with Crippen LogP contribution in [0.4, 0.5) is 4.79 Å². The SMILES string of the molecule is CC(C)(C)OC(=O)NOCC(=O)NCCOCCOCC(=O)NCCOCCOCC(=O)O. The fraction of sp³-hybridized carbons (Fsp3) is 0.789. The largest absolute Gasteiger partial charge is 0.480 e. The Morgan fingerprint density at radius 3 is 1.70 bits per heavy atom. The molecular formula is C19H35N3O11. The molecule has 0 rings (SSSR count). The number of carbonyl (C=O) groups is 4. The van der Waals surface area contributed by atoms with Gasteiger partial charge in [-0.15, -0.1) is 0 Å². The summed E-state index contributed by atoms with van der Waals surface area (Å²) in [6, 6.07) is 0. The Morgan fingerprint density at radius 2 is 1.18 bits per heavy atom. The van der Waals surface area contributed by atoms with Crippen LogP contribution in [0.2, 0.25) is 0 Å². The fourth-order valence-electron chi connectivity index (χ4n) is 1.85. The van der Waals surface area contributed by atoms with Gasteiger partial charge < -0.3 is 39.4 Å². The summed E-state index contributed by atoms with van der Waals surface area (Å²) in [5.74, 6) is -1.80. The molecule has 0 aromatic rings. The predicted octanol–water partition coefficient (Wildman–Crippen LogP) is -1.17. The van der Waals surface area contributed by atoms with Crippen LogP contribution < -0.4 is 16.1 Å². The molecule has 0 saturated heterocycles. The smallest absolute Gasteiger partial charge is 0.431 e. The van der Waals surface area contributed by atoms with Crippen LogP contribution in [-0.4, -0.2) is 107 Å². The van der Waals surface area contributed by atoms with Crippen LogP contribution in [-0.2, 0) is 42.9 Å². The molecule has 0 unspecified atom stereocenters. The molecule has 14 heteroatoms. The van der Waals surface area contributed by atoms with E-state index in [-0.39, 0.29) is 78.5 Å². The van der Waals surface area contributed by atoms with Gasteiger partial charge in [-0.05, 0) is 20.8 Å². The lowest BCUT2D eigenvalue weighted by Crippen LogP contribution is -2.37. The van der Waals surface area contributed by atoms with E-state index in [9.17, 15) is 19.2 Å². The topological polar surface area (TPSA) is 180 Å². The first kappa shape index (κ1) is 30.5. The summed E-state index contributed by atoms with van der Waals surface area (Å²) in [7, 11) is 0.